The van der Waals surface area contributed by atoms with Crippen molar-refractivity contribution in [2.24, 2.45) is 0 Å². The first kappa shape index (κ1) is 13.4. The third-order valence-corrected chi connectivity index (χ3v) is 4.93. The van der Waals surface area contributed by atoms with E-state index in [2.05, 4.69) is 39.8 Å². The molecule has 0 saturated heterocycles. The van der Waals surface area contributed by atoms with Gasteiger partial charge < -0.3 is 5.32 Å². The van der Waals surface area contributed by atoms with E-state index in [0.29, 0.717) is 5.92 Å². The van der Waals surface area contributed by atoms with Crippen molar-refractivity contribution < 1.29 is 0 Å². The maximum absolute atomic E-state index is 4.74. The Balaban J connectivity index is 2.17. The number of hydrogen-bond donors (Lipinski definition) is 1. The van der Waals surface area contributed by atoms with Crippen molar-refractivity contribution in [1.29, 1.82) is 0 Å². The molecule has 17 heavy (non-hydrogen) atoms. The van der Waals surface area contributed by atoms with Crippen LogP contribution in [0.5, 0.6) is 0 Å². The summed E-state index contributed by atoms with van der Waals surface area (Å²) >= 11 is 4.28. The highest BCUT2D eigenvalue weighted by Gasteiger charge is 2.29. The quantitative estimate of drug-likeness (QED) is 0.619. The maximum Gasteiger partial charge on any atom is 0.143 e. The Morgan fingerprint density at radius 2 is 2.18 bits per heavy atom. The van der Waals surface area contributed by atoms with Crippen molar-refractivity contribution in [2.75, 3.05) is 18.1 Å². The van der Waals surface area contributed by atoms with Crippen LogP contribution < -0.4 is 5.32 Å². The highest BCUT2D eigenvalue weighted by molar-refractivity contribution is 14.1. The molecule has 1 aliphatic carbocycles. The van der Waals surface area contributed by atoms with E-state index < -0.39 is 0 Å². The lowest BCUT2D eigenvalue weighted by molar-refractivity contribution is 0.920. The molecule has 0 amide bonds. The molecule has 0 aromatic carbocycles. The Kier molecular flexibility index (Phi) is 4.90. The van der Waals surface area contributed by atoms with Crippen LogP contribution in [0.4, 0.5) is 5.82 Å². The normalized spacial score (nSPS) is 15.0. The van der Waals surface area contributed by atoms with Gasteiger partial charge in [0.2, 0.25) is 0 Å². The van der Waals surface area contributed by atoms with Crippen molar-refractivity contribution in [2.45, 2.75) is 37.9 Å². The first-order chi connectivity index (χ1) is 8.26. The molecule has 1 aromatic rings. The zero-order chi connectivity index (χ0) is 12.3. The molecule has 0 aliphatic heterocycles. The summed E-state index contributed by atoms with van der Waals surface area (Å²) < 4.78 is 1.21. The van der Waals surface area contributed by atoms with Gasteiger partial charge in [0.15, 0.2) is 0 Å². The average Bonchev–Trinajstić information content (AvgIpc) is 3.15. The fourth-order valence-corrected chi connectivity index (χ4v) is 3.37. The van der Waals surface area contributed by atoms with Crippen LogP contribution in [0.15, 0.2) is 0 Å². The Morgan fingerprint density at radius 3 is 2.76 bits per heavy atom. The molecule has 5 heteroatoms. The molecule has 1 aromatic heterocycles. The van der Waals surface area contributed by atoms with Crippen molar-refractivity contribution in [3.05, 3.63) is 15.1 Å². The van der Waals surface area contributed by atoms with Crippen molar-refractivity contribution >= 4 is 40.2 Å². The van der Waals surface area contributed by atoms with Gasteiger partial charge in [-0.05, 0) is 47.6 Å². The van der Waals surface area contributed by atoms with E-state index in [1.54, 1.807) is 0 Å². The number of thioether (sulfide) groups is 1. The minimum atomic E-state index is 0.687. The van der Waals surface area contributed by atoms with Crippen LogP contribution in [0.25, 0.3) is 0 Å². The monoisotopic (exact) mass is 363 g/mol. The van der Waals surface area contributed by atoms with Crippen LogP contribution in [0.1, 0.15) is 43.6 Å². The second-order valence-electron chi connectivity index (χ2n) is 4.26. The zero-order valence-electron chi connectivity index (χ0n) is 10.3. The minimum Gasteiger partial charge on any atom is -0.372 e. The van der Waals surface area contributed by atoms with Crippen molar-refractivity contribution in [3.8, 4) is 0 Å². The van der Waals surface area contributed by atoms with E-state index in [1.165, 1.54) is 34.3 Å². The molecular formula is C12H18IN3S. The molecule has 0 radical (unpaired) electrons. The van der Waals surface area contributed by atoms with Crippen molar-refractivity contribution in [3.63, 3.8) is 0 Å². The number of nitrogens with one attached hydrogen (secondary N) is 1. The molecule has 0 unspecified atom stereocenters. The first-order valence-electron chi connectivity index (χ1n) is 6.08. The highest BCUT2D eigenvalue weighted by atomic mass is 127. The lowest BCUT2D eigenvalue weighted by Crippen LogP contribution is -2.06. The van der Waals surface area contributed by atoms with Gasteiger partial charge in [-0.25, -0.2) is 9.97 Å². The van der Waals surface area contributed by atoms with E-state index in [-0.39, 0.29) is 0 Å². The fourth-order valence-electron chi connectivity index (χ4n) is 1.68. The third-order valence-electron chi connectivity index (χ3n) is 2.70. The SMILES string of the molecule is CCCSCc1nc(NC)c(I)c(C2CC2)n1. The largest absolute Gasteiger partial charge is 0.372 e. The molecule has 2 rings (SSSR count). The Labute approximate surface area is 121 Å². The third kappa shape index (κ3) is 3.47. The van der Waals surface area contributed by atoms with Crippen LogP contribution in [-0.4, -0.2) is 22.8 Å². The zero-order valence-corrected chi connectivity index (χ0v) is 13.3. The average molecular weight is 363 g/mol. The van der Waals surface area contributed by atoms with Gasteiger partial charge in [-0.2, -0.15) is 11.8 Å². The lowest BCUT2D eigenvalue weighted by Gasteiger charge is -2.10. The molecule has 0 spiro atoms. The number of hydrogen-bond acceptors (Lipinski definition) is 4. The second-order valence-corrected chi connectivity index (χ2v) is 6.45. The fraction of sp³-hybridized carbons (Fsp3) is 0.667. The predicted octanol–water partition coefficient (Wildman–Crippen LogP) is 3.64. The molecule has 1 N–H and O–H groups in total. The van der Waals surface area contributed by atoms with E-state index >= 15 is 0 Å². The van der Waals surface area contributed by atoms with Crippen LogP contribution in [-0.2, 0) is 5.75 Å². The van der Waals surface area contributed by atoms with Crippen LogP contribution in [0, 0.1) is 3.57 Å². The number of halogens is 1. The van der Waals surface area contributed by atoms with Crippen LogP contribution in [0.3, 0.4) is 0 Å². The van der Waals surface area contributed by atoms with Crippen molar-refractivity contribution in [1.82, 2.24) is 9.97 Å². The molecule has 1 saturated carbocycles. The van der Waals surface area contributed by atoms with Gasteiger partial charge in [0, 0.05) is 13.0 Å². The number of anilines is 1. The number of rotatable bonds is 6. The Morgan fingerprint density at radius 1 is 1.41 bits per heavy atom. The van der Waals surface area contributed by atoms with Gasteiger partial charge in [-0.15, -0.1) is 0 Å². The smallest absolute Gasteiger partial charge is 0.143 e. The molecule has 1 heterocycles. The van der Waals surface area contributed by atoms with Gasteiger partial charge >= 0.3 is 0 Å². The highest BCUT2D eigenvalue weighted by Crippen LogP contribution is 2.42. The molecule has 3 nitrogen and oxygen atoms in total. The first-order valence-corrected chi connectivity index (χ1v) is 8.31. The second kappa shape index (κ2) is 6.22. The standard InChI is InChI=1S/C12H18IN3S/c1-3-6-17-7-9-15-11(8-4-5-8)10(13)12(14-2)16-9/h8H,3-7H2,1-2H3,(H,14,15,16). The topological polar surface area (TPSA) is 37.8 Å². The van der Waals surface area contributed by atoms with Gasteiger partial charge in [-0.1, -0.05) is 6.92 Å². The Hall–Kier alpha value is -0.0400. The summed E-state index contributed by atoms with van der Waals surface area (Å²) in [7, 11) is 1.93. The lowest BCUT2D eigenvalue weighted by atomic mass is 10.2. The van der Waals surface area contributed by atoms with E-state index in [4.69, 9.17) is 4.98 Å². The van der Waals surface area contributed by atoms with E-state index in [1.807, 2.05) is 18.8 Å². The summed E-state index contributed by atoms with van der Waals surface area (Å²) in [5.74, 6) is 4.78. The van der Waals surface area contributed by atoms with Gasteiger partial charge in [0.05, 0.1) is 15.0 Å². The molecule has 1 fully saturated rings. The molecule has 1 aliphatic rings. The molecular weight excluding hydrogens is 345 g/mol. The summed E-state index contributed by atoms with van der Waals surface area (Å²) in [5, 5.41) is 3.18. The summed E-state index contributed by atoms with van der Waals surface area (Å²) in [6.45, 7) is 2.20. The van der Waals surface area contributed by atoms with Crippen LogP contribution >= 0.6 is 34.4 Å². The molecule has 94 valence electrons. The predicted molar refractivity (Wildman–Crippen MR) is 82.7 cm³/mol. The van der Waals surface area contributed by atoms with Gasteiger partial charge in [0.1, 0.15) is 11.6 Å². The number of nitrogens with zero attached hydrogens (tertiary/aromatic N) is 2. The maximum atomic E-state index is 4.74. The van der Waals surface area contributed by atoms with E-state index in [0.717, 1.165) is 17.4 Å². The molecule has 0 atom stereocenters. The minimum absolute atomic E-state index is 0.687. The summed E-state index contributed by atoms with van der Waals surface area (Å²) in [5.41, 5.74) is 1.26. The van der Waals surface area contributed by atoms with Gasteiger partial charge in [0.25, 0.3) is 0 Å². The molecule has 0 bridgehead atoms. The van der Waals surface area contributed by atoms with Gasteiger partial charge in [-0.3, -0.25) is 0 Å². The number of aromatic nitrogens is 2. The summed E-state index contributed by atoms with van der Waals surface area (Å²) in [4.78, 5) is 9.32. The summed E-state index contributed by atoms with van der Waals surface area (Å²) in [6, 6.07) is 0. The van der Waals surface area contributed by atoms with E-state index in [9.17, 15) is 0 Å². The van der Waals surface area contributed by atoms with Crippen LogP contribution in [0.2, 0.25) is 0 Å². The Bertz CT molecular complexity index is 394. The summed E-state index contributed by atoms with van der Waals surface area (Å²) in [6.07, 6.45) is 3.79.